The summed E-state index contributed by atoms with van der Waals surface area (Å²) in [6.07, 6.45) is 3.92. The normalized spacial score (nSPS) is 15.8. The summed E-state index contributed by atoms with van der Waals surface area (Å²) in [4.78, 5) is 15.1. The minimum absolute atomic E-state index is 0.0248. The number of methoxy groups -OCH3 is 1. The topological polar surface area (TPSA) is 56.6 Å². The van der Waals surface area contributed by atoms with Crippen LogP contribution in [0.25, 0.3) is 0 Å². The molecule has 3 aromatic rings. The summed E-state index contributed by atoms with van der Waals surface area (Å²) in [7, 11) is 3.55. The van der Waals surface area contributed by atoms with Crippen molar-refractivity contribution < 1.29 is 14.3 Å². The highest BCUT2D eigenvalue weighted by Crippen LogP contribution is 2.34. The van der Waals surface area contributed by atoms with E-state index in [1.165, 1.54) is 11.1 Å². The van der Waals surface area contributed by atoms with E-state index in [-0.39, 0.29) is 11.8 Å². The number of amides is 1. The second kappa shape index (κ2) is 8.49. The number of fused-ring (bicyclic) bond motifs is 1. The van der Waals surface area contributed by atoms with Crippen molar-refractivity contribution in [1.82, 2.24) is 14.7 Å². The molecule has 1 aliphatic rings. The van der Waals surface area contributed by atoms with Crippen LogP contribution in [-0.2, 0) is 18.3 Å². The van der Waals surface area contributed by atoms with Crippen LogP contribution in [0.3, 0.4) is 0 Å². The van der Waals surface area contributed by atoms with Crippen LogP contribution in [-0.4, -0.2) is 47.5 Å². The number of ether oxygens (including phenoxy) is 2. The Morgan fingerprint density at radius 3 is 2.66 bits per heavy atom. The number of aromatic nitrogens is 2. The molecule has 29 heavy (non-hydrogen) atoms. The molecular weight excluding hydrogens is 366 g/mol. The lowest BCUT2D eigenvalue weighted by Gasteiger charge is -2.34. The lowest BCUT2D eigenvalue weighted by atomic mass is 9.86. The standard InChI is InChI=1S/C23H25N3O3/c1-25-14-19(13-24-25)22-16-26(15-18-5-3-4-6-21(18)22)23(27)17-7-9-20(10-8-17)29-12-11-28-2/h3-10,13-14,22H,11-12,15-16H2,1-2H3. The summed E-state index contributed by atoms with van der Waals surface area (Å²) in [6.45, 7) is 2.26. The first-order valence-electron chi connectivity index (χ1n) is 9.73. The number of hydrogen-bond acceptors (Lipinski definition) is 4. The van der Waals surface area contributed by atoms with Gasteiger partial charge >= 0.3 is 0 Å². The largest absolute Gasteiger partial charge is 0.491 e. The highest BCUT2D eigenvalue weighted by molar-refractivity contribution is 5.94. The Hall–Kier alpha value is -3.12. The molecular formula is C23H25N3O3. The predicted molar refractivity (Wildman–Crippen MR) is 110 cm³/mol. The monoisotopic (exact) mass is 391 g/mol. The van der Waals surface area contributed by atoms with Crippen LogP contribution in [0.5, 0.6) is 5.75 Å². The van der Waals surface area contributed by atoms with Crippen LogP contribution >= 0.6 is 0 Å². The third kappa shape index (κ3) is 4.17. The molecule has 2 aromatic carbocycles. The third-order valence-electron chi connectivity index (χ3n) is 5.27. The molecule has 1 aliphatic heterocycles. The Morgan fingerprint density at radius 2 is 1.93 bits per heavy atom. The molecule has 150 valence electrons. The third-order valence-corrected chi connectivity index (χ3v) is 5.27. The Balaban J connectivity index is 1.55. The first-order chi connectivity index (χ1) is 14.2. The Morgan fingerprint density at radius 1 is 1.14 bits per heavy atom. The second-order valence-electron chi connectivity index (χ2n) is 7.25. The minimum Gasteiger partial charge on any atom is -0.491 e. The van der Waals surface area contributed by atoms with Gasteiger partial charge in [-0.25, -0.2) is 0 Å². The molecule has 6 nitrogen and oxygen atoms in total. The van der Waals surface area contributed by atoms with Gasteiger partial charge in [-0.1, -0.05) is 24.3 Å². The van der Waals surface area contributed by atoms with Crippen LogP contribution in [0.1, 0.15) is 33.0 Å². The molecule has 4 rings (SSSR count). The van der Waals surface area contributed by atoms with Crippen LogP contribution in [0.15, 0.2) is 60.9 Å². The molecule has 0 saturated carbocycles. The van der Waals surface area contributed by atoms with Gasteiger partial charge in [0.25, 0.3) is 5.91 Å². The number of nitrogens with zero attached hydrogens (tertiary/aromatic N) is 3. The number of carbonyl (C=O) groups is 1. The molecule has 1 unspecified atom stereocenters. The number of benzene rings is 2. The minimum atomic E-state index is 0.0248. The maximum Gasteiger partial charge on any atom is 0.254 e. The summed E-state index contributed by atoms with van der Waals surface area (Å²) in [5, 5.41) is 4.32. The molecule has 0 radical (unpaired) electrons. The predicted octanol–water partition coefficient (Wildman–Crippen LogP) is 3.23. The zero-order valence-electron chi connectivity index (χ0n) is 16.7. The molecule has 0 fully saturated rings. The van der Waals surface area contributed by atoms with E-state index in [2.05, 4.69) is 23.3 Å². The van der Waals surface area contributed by atoms with Crippen molar-refractivity contribution in [1.29, 1.82) is 0 Å². The van der Waals surface area contributed by atoms with E-state index in [0.717, 1.165) is 11.3 Å². The van der Waals surface area contributed by atoms with Crippen LogP contribution in [0.4, 0.5) is 0 Å². The maximum atomic E-state index is 13.2. The SMILES string of the molecule is COCCOc1ccc(C(=O)N2Cc3ccccc3C(c3cnn(C)c3)C2)cc1. The summed E-state index contributed by atoms with van der Waals surface area (Å²) in [6, 6.07) is 15.7. The second-order valence-corrected chi connectivity index (χ2v) is 7.25. The van der Waals surface area contributed by atoms with Crippen molar-refractivity contribution in [3.05, 3.63) is 83.2 Å². The number of aryl methyl sites for hydroxylation is 1. The first-order valence-corrected chi connectivity index (χ1v) is 9.73. The fourth-order valence-corrected chi connectivity index (χ4v) is 3.79. The molecule has 2 heterocycles. The van der Waals surface area contributed by atoms with Gasteiger partial charge in [0, 0.05) is 44.9 Å². The highest BCUT2D eigenvalue weighted by atomic mass is 16.5. The molecule has 0 saturated heterocycles. The van der Waals surface area contributed by atoms with E-state index in [1.807, 2.05) is 54.7 Å². The average Bonchev–Trinajstić information content (AvgIpc) is 3.19. The van der Waals surface area contributed by atoms with Gasteiger partial charge in [0.05, 0.1) is 12.8 Å². The van der Waals surface area contributed by atoms with Crippen LogP contribution in [0, 0.1) is 0 Å². The Bertz CT molecular complexity index is 981. The lowest BCUT2D eigenvalue weighted by molar-refractivity contribution is 0.0725. The van der Waals surface area contributed by atoms with E-state index < -0.39 is 0 Å². The van der Waals surface area contributed by atoms with E-state index >= 15 is 0 Å². The summed E-state index contributed by atoms with van der Waals surface area (Å²) < 4.78 is 12.4. The molecule has 0 bridgehead atoms. The van der Waals surface area contributed by atoms with Gasteiger partial charge < -0.3 is 14.4 Å². The smallest absolute Gasteiger partial charge is 0.254 e. The van der Waals surface area contributed by atoms with Gasteiger partial charge in [0.1, 0.15) is 12.4 Å². The molecule has 1 atom stereocenters. The highest BCUT2D eigenvalue weighted by Gasteiger charge is 2.30. The fourth-order valence-electron chi connectivity index (χ4n) is 3.79. The quantitative estimate of drug-likeness (QED) is 0.606. The van der Waals surface area contributed by atoms with Crippen molar-refractivity contribution in [2.24, 2.45) is 7.05 Å². The molecule has 0 aliphatic carbocycles. The van der Waals surface area contributed by atoms with Gasteiger partial charge in [0.15, 0.2) is 0 Å². The van der Waals surface area contributed by atoms with Crippen molar-refractivity contribution in [3.63, 3.8) is 0 Å². The number of carbonyl (C=O) groups excluding carboxylic acids is 1. The number of hydrogen-bond donors (Lipinski definition) is 0. The van der Waals surface area contributed by atoms with E-state index in [4.69, 9.17) is 9.47 Å². The molecule has 0 N–H and O–H groups in total. The van der Waals surface area contributed by atoms with Gasteiger partial charge in [-0.2, -0.15) is 5.10 Å². The zero-order valence-corrected chi connectivity index (χ0v) is 16.7. The fraction of sp³-hybridized carbons (Fsp3) is 0.304. The Labute approximate surface area is 170 Å². The van der Waals surface area contributed by atoms with Gasteiger partial charge in [0.2, 0.25) is 0 Å². The first kappa shape index (κ1) is 19.2. The zero-order chi connectivity index (χ0) is 20.2. The van der Waals surface area contributed by atoms with Gasteiger partial charge in [-0.15, -0.1) is 0 Å². The maximum absolute atomic E-state index is 13.2. The summed E-state index contributed by atoms with van der Waals surface area (Å²) in [5.41, 5.74) is 4.24. The van der Waals surface area contributed by atoms with Crippen LogP contribution in [0.2, 0.25) is 0 Å². The Kier molecular flexibility index (Phi) is 5.62. The summed E-state index contributed by atoms with van der Waals surface area (Å²) in [5.74, 6) is 0.877. The van der Waals surface area contributed by atoms with Crippen molar-refractivity contribution >= 4 is 5.91 Å². The van der Waals surface area contributed by atoms with E-state index in [9.17, 15) is 4.79 Å². The van der Waals surface area contributed by atoms with Crippen LogP contribution < -0.4 is 4.74 Å². The van der Waals surface area contributed by atoms with E-state index in [1.54, 1.807) is 11.8 Å². The molecule has 6 heteroatoms. The number of rotatable bonds is 6. The lowest BCUT2D eigenvalue weighted by Crippen LogP contribution is -2.38. The van der Waals surface area contributed by atoms with Crippen molar-refractivity contribution in [3.8, 4) is 5.75 Å². The molecule has 0 spiro atoms. The van der Waals surface area contributed by atoms with Gasteiger partial charge in [-0.3, -0.25) is 9.48 Å². The van der Waals surface area contributed by atoms with E-state index in [0.29, 0.717) is 31.9 Å². The molecule has 1 amide bonds. The van der Waals surface area contributed by atoms with Crippen molar-refractivity contribution in [2.45, 2.75) is 12.5 Å². The van der Waals surface area contributed by atoms with Crippen molar-refractivity contribution in [2.75, 3.05) is 26.9 Å². The average molecular weight is 391 g/mol. The summed E-state index contributed by atoms with van der Waals surface area (Å²) >= 11 is 0. The molecule has 1 aromatic heterocycles. The van der Waals surface area contributed by atoms with Gasteiger partial charge in [-0.05, 0) is 41.0 Å².